The van der Waals surface area contributed by atoms with Gasteiger partial charge in [0.25, 0.3) is 0 Å². The molecule has 1 aliphatic heterocycles. The van der Waals surface area contributed by atoms with E-state index in [-0.39, 0.29) is 17.7 Å². The summed E-state index contributed by atoms with van der Waals surface area (Å²) < 4.78 is 0. The van der Waals surface area contributed by atoms with E-state index in [0.717, 1.165) is 0 Å². The summed E-state index contributed by atoms with van der Waals surface area (Å²) in [5, 5.41) is 5.70. The van der Waals surface area contributed by atoms with Crippen LogP contribution in [0.15, 0.2) is 0 Å². The summed E-state index contributed by atoms with van der Waals surface area (Å²) in [6, 6.07) is 0. The van der Waals surface area contributed by atoms with E-state index in [1.54, 1.807) is 6.92 Å². The molecule has 0 aliphatic carbocycles. The zero-order valence-electron chi connectivity index (χ0n) is 6.89. The summed E-state index contributed by atoms with van der Waals surface area (Å²) in [5.41, 5.74) is 1.27. The lowest BCUT2D eigenvalue weighted by molar-refractivity contribution is -0.114. The standard InChI is InChI=1S/C7H7ClN4O/c1-3-5-6(12-7(8)10-3)9-2-4(13)11-5/h2H2,1H3,(H,11,13)(H,9,10,12). The number of carbonyl (C=O) groups is 1. The zero-order valence-corrected chi connectivity index (χ0v) is 7.64. The van der Waals surface area contributed by atoms with Crippen LogP contribution in [0.1, 0.15) is 5.69 Å². The first-order valence-electron chi connectivity index (χ1n) is 3.74. The van der Waals surface area contributed by atoms with E-state index in [9.17, 15) is 4.79 Å². The molecule has 1 amide bonds. The maximum Gasteiger partial charge on any atom is 0.243 e. The van der Waals surface area contributed by atoms with Gasteiger partial charge in [-0.1, -0.05) is 0 Å². The second kappa shape index (κ2) is 2.85. The van der Waals surface area contributed by atoms with Gasteiger partial charge in [0, 0.05) is 0 Å². The summed E-state index contributed by atoms with van der Waals surface area (Å²) in [4.78, 5) is 18.9. The van der Waals surface area contributed by atoms with Gasteiger partial charge >= 0.3 is 0 Å². The molecule has 0 unspecified atom stereocenters. The predicted octanol–water partition coefficient (Wildman–Crippen LogP) is 0.802. The first kappa shape index (κ1) is 8.25. The van der Waals surface area contributed by atoms with Gasteiger partial charge in [0.05, 0.1) is 12.2 Å². The number of fused-ring (bicyclic) bond motifs is 1. The summed E-state index contributed by atoms with van der Waals surface area (Å²) >= 11 is 5.64. The Morgan fingerprint density at radius 2 is 2.23 bits per heavy atom. The van der Waals surface area contributed by atoms with Crippen LogP contribution in [0, 0.1) is 6.92 Å². The Bertz CT molecular complexity index is 379. The number of hydrogen-bond donors (Lipinski definition) is 2. The fourth-order valence-corrected chi connectivity index (χ4v) is 1.38. The molecule has 6 heteroatoms. The Morgan fingerprint density at radius 1 is 1.46 bits per heavy atom. The molecule has 0 saturated heterocycles. The molecule has 13 heavy (non-hydrogen) atoms. The monoisotopic (exact) mass is 198 g/mol. The highest BCUT2D eigenvalue weighted by molar-refractivity contribution is 6.28. The maximum absolute atomic E-state index is 11.0. The zero-order chi connectivity index (χ0) is 9.42. The molecular weight excluding hydrogens is 192 g/mol. The number of aromatic nitrogens is 2. The van der Waals surface area contributed by atoms with Crippen LogP contribution in [-0.2, 0) is 4.79 Å². The fraction of sp³-hybridized carbons (Fsp3) is 0.286. The molecule has 1 aromatic heterocycles. The van der Waals surface area contributed by atoms with Crippen LogP contribution in [0.3, 0.4) is 0 Å². The highest BCUT2D eigenvalue weighted by Gasteiger charge is 2.18. The molecule has 1 aliphatic rings. The van der Waals surface area contributed by atoms with Crippen LogP contribution in [0.25, 0.3) is 0 Å². The minimum absolute atomic E-state index is 0.0958. The molecule has 0 spiro atoms. The summed E-state index contributed by atoms with van der Waals surface area (Å²) in [5.74, 6) is 0.485. The molecule has 0 saturated carbocycles. The van der Waals surface area contributed by atoms with Crippen LogP contribution in [0.2, 0.25) is 5.28 Å². The van der Waals surface area contributed by atoms with Crippen molar-refractivity contribution in [1.82, 2.24) is 9.97 Å². The van der Waals surface area contributed by atoms with Crippen molar-refractivity contribution >= 4 is 29.0 Å². The number of amides is 1. The Balaban J connectivity index is 2.53. The van der Waals surface area contributed by atoms with Gasteiger partial charge in [-0.05, 0) is 18.5 Å². The highest BCUT2D eigenvalue weighted by atomic mass is 35.5. The number of nitrogens with zero attached hydrogens (tertiary/aromatic N) is 2. The molecule has 0 bridgehead atoms. The Kier molecular flexibility index (Phi) is 1.81. The molecule has 5 nitrogen and oxygen atoms in total. The lowest BCUT2D eigenvalue weighted by Gasteiger charge is -2.18. The smallest absolute Gasteiger partial charge is 0.243 e. The normalized spacial score (nSPS) is 14.5. The average Bonchev–Trinajstić information content (AvgIpc) is 2.06. The van der Waals surface area contributed by atoms with Crippen LogP contribution in [-0.4, -0.2) is 22.4 Å². The van der Waals surface area contributed by atoms with E-state index in [1.807, 2.05) is 0 Å². The topological polar surface area (TPSA) is 66.9 Å². The van der Waals surface area contributed by atoms with Gasteiger partial charge in [0.2, 0.25) is 11.2 Å². The Morgan fingerprint density at radius 3 is 3.00 bits per heavy atom. The van der Waals surface area contributed by atoms with Crippen molar-refractivity contribution in [3.63, 3.8) is 0 Å². The third-order valence-corrected chi connectivity index (χ3v) is 1.91. The lowest BCUT2D eigenvalue weighted by atomic mass is 10.3. The minimum Gasteiger partial charge on any atom is -0.359 e. The third kappa shape index (κ3) is 1.42. The van der Waals surface area contributed by atoms with Gasteiger partial charge in [-0.25, -0.2) is 4.98 Å². The first-order chi connectivity index (χ1) is 6.16. The van der Waals surface area contributed by atoms with Crippen LogP contribution < -0.4 is 10.6 Å². The van der Waals surface area contributed by atoms with Crippen molar-refractivity contribution in [1.29, 1.82) is 0 Å². The van der Waals surface area contributed by atoms with Gasteiger partial charge in [-0.2, -0.15) is 4.98 Å². The molecule has 2 N–H and O–H groups in total. The highest BCUT2D eigenvalue weighted by Crippen LogP contribution is 2.25. The van der Waals surface area contributed by atoms with Gasteiger partial charge in [0.1, 0.15) is 5.69 Å². The number of aryl methyl sites for hydroxylation is 1. The van der Waals surface area contributed by atoms with Crippen molar-refractivity contribution in [2.75, 3.05) is 17.2 Å². The quantitative estimate of drug-likeness (QED) is 0.606. The first-order valence-corrected chi connectivity index (χ1v) is 4.12. The van der Waals surface area contributed by atoms with Crippen molar-refractivity contribution in [3.05, 3.63) is 11.0 Å². The molecule has 0 radical (unpaired) electrons. The fourth-order valence-electron chi connectivity index (χ4n) is 1.16. The molecule has 0 fully saturated rings. The summed E-state index contributed by atoms with van der Waals surface area (Å²) in [6.45, 7) is 1.99. The van der Waals surface area contributed by atoms with Gasteiger partial charge in [-0.15, -0.1) is 0 Å². The van der Waals surface area contributed by atoms with E-state index in [0.29, 0.717) is 17.2 Å². The third-order valence-electron chi connectivity index (χ3n) is 1.74. The maximum atomic E-state index is 11.0. The van der Waals surface area contributed by atoms with E-state index in [1.165, 1.54) is 0 Å². The van der Waals surface area contributed by atoms with Crippen molar-refractivity contribution in [3.8, 4) is 0 Å². The molecule has 0 aromatic carbocycles. The van der Waals surface area contributed by atoms with E-state index >= 15 is 0 Å². The number of hydrogen-bond acceptors (Lipinski definition) is 4. The lowest BCUT2D eigenvalue weighted by Crippen LogP contribution is -2.29. The van der Waals surface area contributed by atoms with Gasteiger partial charge in [0.15, 0.2) is 5.82 Å². The summed E-state index contributed by atoms with van der Waals surface area (Å²) in [6.07, 6.45) is 0. The van der Waals surface area contributed by atoms with E-state index in [2.05, 4.69) is 20.6 Å². The van der Waals surface area contributed by atoms with E-state index in [4.69, 9.17) is 11.6 Å². The molecule has 1 aromatic rings. The second-order valence-electron chi connectivity index (χ2n) is 2.70. The van der Waals surface area contributed by atoms with Gasteiger partial charge in [-0.3, -0.25) is 4.79 Å². The molecule has 0 atom stereocenters. The van der Waals surface area contributed by atoms with Crippen molar-refractivity contribution < 1.29 is 4.79 Å². The van der Waals surface area contributed by atoms with Gasteiger partial charge < -0.3 is 10.6 Å². The number of halogens is 1. The largest absolute Gasteiger partial charge is 0.359 e. The molecular formula is C7H7ClN4O. The Labute approximate surface area is 79.5 Å². The Hall–Kier alpha value is -1.36. The number of nitrogens with one attached hydrogen (secondary N) is 2. The SMILES string of the molecule is Cc1nc(Cl)nc2c1NC(=O)CN2. The minimum atomic E-state index is -0.0958. The number of carbonyl (C=O) groups excluding carboxylic acids is 1. The number of anilines is 2. The van der Waals surface area contributed by atoms with Crippen LogP contribution in [0.5, 0.6) is 0 Å². The second-order valence-corrected chi connectivity index (χ2v) is 3.04. The van der Waals surface area contributed by atoms with Crippen LogP contribution in [0.4, 0.5) is 11.5 Å². The summed E-state index contributed by atoms with van der Waals surface area (Å²) in [7, 11) is 0. The van der Waals surface area contributed by atoms with Crippen molar-refractivity contribution in [2.45, 2.75) is 6.92 Å². The average molecular weight is 199 g/mol. The van der Waals surface area contributed by atoms with E-state index < -0.39 is 0 Å². The molecule has 2 rings (SSSR count). The predicted molar refractivity (Wildman–Crippen MR) is 48.9 cm³/mol. The van der Waals surface area contributed by atoms with Crippen molar-refractivity contribution in [2.24, 2.45) is 0 Å². The molecule has 68 valence electrons. The molecule has 2 heterocycles. The number of rotatable bonds is 0. The van der Waals surface area contributed by atoms with Crippen LogP contribution >= 0.6 is 11.6 Å².